The van der Waals surface area contributed by atoms with Crippen molar-refractivity contribution in [1.29, 1.82) is 0 Å². The largest absolute Gasteiger partial charge is 0.489 e. The van der Waals surface area contributed by atoms with E-state index in [9.17, 15) is 18.7 Å². The van der Waals surface area contributed by atoms with Crippen LogP contribution in [0.15, 0.2) is 66.7 Å². The first-order valence-electron chi connectivity index (χ1n) is 7.54. The van der Waals surface area contributed by atoms with Crippen LogP contribution in [0.3, 0.4) is 0 Å². The normalized spacial score (nSPS) is 10.5. The molecule has 0 aromatic heterocycles. The molecule has 0 aliphatic carbocycles. The van der Waals surface area contributed by atoms with E-state index in [2.05, 4.69) is 0 Å². The zero-order valence-electron chi connectivity index (χ0n) is 13.1. The monoisotopic (exact) mass is 340 g/mol. The van der Waals surface area contributed by atoms with E-state index in [0.29, 0.717) is 24.0 Å². The second-order valence-corrected chi connectivity index (χ2v) is 5.42. The quantitative estimate of drug-likeness (QED) is 0.718. The van der Waals surface area contributed by atoms with Crippen LogP contribution in [-0.4, -0.2) is 11.1 Å². The summed E-state index contributed by atoms with van der Waals surface area (Å²) in [5, 5.41) is 9.19. The Labute approximate surface area is 143 Å². The van der Waals surface area contributed by atoms with Crippen molar-refractivity contribution in [2.75, 3.05) is 0 Å². The maximum atomic E-state index is 13.5. The zero-order valence-corrected chi connectivity index (χ0v) is 13.1. The highest BCUT2D eigenvalue weighted by Gasteiger charge is 2.16. The molecular weight excluding hydrogens is 326 g/mol. The van der Waals surface area contributed by atoms with Crippen LogP contribution in [0.4, 0.5) is 8.78 Å². The predicted octanol–water partition coefficient (Wildman–Crippen LogP) is 4.91. The molecule has 0 aliphatic rings. The smallest absolute Gasteiger partial charge is 0.336 e. The van der Waals surface area contributed by atoms with E-state index in [-0.39, 0.29) is 11.1 Å². The van der Waals surface area contributed by atoms with Crippen molar-refractivity contribution in [1.82, 2.24) is 0 Å². The van der Waals surface area contributed by atoms with E-state index in [0.717, 1.165) is 11.6 Å². The van der Waals surface area contributed by atoms with Gasteiger partial charge in [-0.25, -0.2) is 13.6 Å². The standard InChI is InChI=1S/C20H14F2O3/c21-18-10-16(17(20(23)24)11-19(18)22)14-6-8-15(9-7-14)25-12-13-4-2-1-3-5-13/h1-11H,12H2,(H,23,24). The Kier molecular flexibility index (Phi) is 4.75. The first-order chi connectivity index (χ1) is 12.0. The summed E-state index contributed by atoms with van der Waals surface area (Å²) in [6.45, 7) is 0.395. The summed E-state index contributed by atoms with van der Waals surface area (Å²) in [4.78, 5) is 11.3. The van der Waals surface area contributed by atoms with Gasteiger partial charge in [0.05, 0.1) is 5.56 Å². The Hall–Kier alpha value is -3.21. The van der Waals surface area contributed by atoms with Crippen LogP contribution in [0, 0.1) is 11.6 Å². The van der Waals surface area contributed by atoms with E-state index in [1.54, 1.807) is 24.3 Å². The number of aromatic carboxylic acids is 1. The summed E-state index contributed by atoms with van der Waals surface area (Å²) in [5.41, 5.74) is 1.29. The maximum absolute atomic E-state index is 13.5. The number of ether oxygens (including phenoxy) is 1. The topological polar surface area (TPSA) is 46.5 Å². The van der Waals surface area contributed by atoms with Gasteiger partial charge in [-0.3, -0.25) is 0 Å². The lowest BCUT2D eigenvalue weighted by Crippen LogP contribution is -2.02. The first kappa shape index (κ1) is 16.6. The van der Waals surface area contributed by atoms with Crippen LogP contribution in [-0.2, 0) is 6.61 Å². The second-order valence-electron chi connectivity index (χ2n) is 5.42. The molecule has 3 aromatic rings. The number of carboxylic acids is 1. The molecule has 3 nitrogen and oxygen atoms in total. The first-order valence-corrected chi connectivity index (χ1v) is 7.54. The average Bonchev–Trinajstić information content (AvgIpc) is 2.63. The summed E-state index contributed by atoms with van der Waals surface area (Å²) in [5.74, 6) is -3.02. The molecule has 3 aromatic carbocycles. The fourth-order valence-electron chi connectivity index (χ4n) is 2.43. The van der Waals surface area contributed by atoms with Crippen LogP contribution in [0.1, 0.15) is 15.9 Å². The Balaban J connectivity index is 1.83. The van der Waals surface area contributed by atoms with Crippen LogP contribution in [0.2, 0.25) is 0 Å². The van der Waals surface area contributed by atoms with E-state index >= 15 is 0 Å². The SMILES string of the molecule is O=C(O)c1cc(F)c(F)cc1-c1ccc(OCc2ccccc2)cc1. The Bertz CT molecular complexity index is 891. The number of carboxylic acid groups (broad SMARTS) is 1. The van der Waals surface area contributed by atoms with E-state index in [1.165, 1.54) is 0 Å². The number of hydrogen-bond donors (Lipinski definition) is 1. The van der Waals surface area contributed by atoms with Crippen molar-refractivity contribution in [3.05, 3.63) is 89.5 Å². The van der Waals surface area contributed by atoms with Gasteiger partial charge in [-0.05, 0) is 41.0 Å². The average molecular weight is 340 g/mol. The van der Waals surface area contributed by atoms with Crippen molar-refractivity contribution in [2.45, 2.75) is 6.61 Å². The maximum Gasteiger partial charge on any atom is 0.336 e. The third kappa shape index (κ3) is 3.83. The summed E-state index contributed by atoms with van der Waals surface area (Å²) < 4.78 is 32.5. The molecule has 5 heteroatoms. The van der Waals surface area contributed by atoms with Gasteiger partial charge in [-0.2, -0.15) is 0 Å². The summed E-state index contributed by atoms with van der Waals surface area (Å²) in [6, 6.07) is 17.7. The Morgan fingerprint density at radius 3 is 2.20 bits per heavy atom. The summed E-state index contributed by atoms with van der Waals surface area (Å²) >= 11 is 0. The molecule has 0 aliphatic heterocycles. The minimum absolute atomic E-state index is 0.112. The molecule has 0 bridgehead atoms. The lowest BCUT2D eigenvalue weighted by atomic mass is 9.99. The molecule has 126 valence electrons. The fraction of sp³-hybridized carbons (Fsp3) is 0.0500. The third-order valence-corrected chi connectivity index (χ3v) is 3.70. The third-order valence-electron chi connectivity index (χ3n) is 3.70. The number of benzene rings is 3. The van der Waals surface area contributed by atoms with Crippen LogP contribution < -0.4 is 4.74 Å². The van der Waals surface area contributed by atoms with Gasteiger partial charge < -0.3 is 9.84 Å². The van der Waals surface area contributed by atoms with Crippen molar-refractivity contribution in [3.63, 3.8) is 0 Å². The van der Waals surface area contributed by atoms with Gasteiger partial charge in [-0.1, -0.05) is 42.5 Å². The molecule has 1 N–H and O–H groups in total. The summed E-state index contributed by atoms with van der Waals surface area (Å²) in [6.07, 6.45) is 0. The number of carbonyl (C=O) groups is 1. The molecule has 0 unspecified atom stereocenters. The van der Waals surface area contributed by atoms with Crippen molar-refractivity contribution >= 4 is 5.97 Å². The fourth-order valence-corrected chi connectivity index (χ4v) is 2.43. The van der Waals surface area contributed by atoms with Crippen molar-refractivity contribution in [2.24, 2.45) is 0 Å². The minimum Gasteiger partial charge on any atom is -0.489 e. The van der Waals surface area contributed by atoms with Crippen LogP contribution in [0.25, 0.3) is 11.1 Å². The minimum atomic E-state index is -1.32. The van der Waals surface area contributed by atoms with E-state index in [1.807, 2.05) is 30.3 Å². The lowest BCUT2D eigenvalue weighted by Gasteiger charge is -2.10. The van der Waals surface area contributed by atoms with Gasteiger partial charge in [-0.15, -0.1) is 0 Å². The van der Waals surface area contributed by atoms with E-state index < -0.39 is 17.6 Å². The molecule has 0 saturated carbocycles. The molecular formula is C20H14F2O3. The highest BCUT2D eigenvalue weighted by molar-refractivity contribution is 5.96. The Morgan fingerprint density at radius 2 is 1.56 bits per heavy atom. The second kappa shape index (κ2) is 7.13. The number of hydrogen-bond acceptors (Lipinski definition) is 2. The molecule has 0 heterocycles. The highest BCUT2D eigenvalue weighted by atomic mass is 19.2. The van der Waals surface area contributed by atoms with Gasteiger partial charge in [0.15, 0.2) is 11.6 Å². The Morgan fingerprint density at radius 1 is 0.920 bits per heavy atom. The van der Waals surface area contributed by atoms with Gasteiger partial charge in [0.2, 0.25) is 0 Å². The molecule has 0 fully saturated rings. The van der Waals surface area contributed by atoms with Gasteiger partial charge in [0.1, 0.15) is 12.4 Å². The van der Waals surface area contributed by atoms with Gasteiger partial charge >= 0.3 is 5.97 Å². The molecule has 0 radical (unpaired) electrons. The van der Waals surface area contributed by atoms with Crippen LogP contribution >= 0.6 is 0 Å². The summed E-state index contributed by atoms with van der Waals surface area (Å²) in [7, 11) is 0. The molecule has 0 saturated heterocycles. The van der Waals surface area contributed by atoms with Crippen LogP contribution in [0.5, 0.6) is 5.75 Å². The molecule has 0 spiro atoms. The predicted molar refractivity (Wildman–Crippen MR) is 89.5 cm³/mol. The van der Waals surface area contributed by atoms with Gasteiger partial charge in [0.25, 0.3) is 0 Å². The lowest BCUT2D eigenvalue weighted by molar-refractivity contribution is 0.0697. The molecule has 0 atom stereocenters. The molecule has 0 amide bonds. The van der Waals surface area contributed by atoms with E-state index in [4.69, 9.17) is 4.74 Å². The van der Waals surface area contributed by atoms with Gasteiger partial charge in [0, 0.05) is 0 Å². The number of rotatable bonds is 5. The van der Waals surface area contributed by atoms with Crippen molar-refractivity contribution in [3.8, 4) is 16.9 Å². The molecule has 25 heavy (non-hydrogen) atoms. The molecule has 3 rings (SSSR count). The van der Waals surface area contributed by atoms with Crippen molar-refractivity contribution < 1.29 is 23.4 Å². The zero-order chi connectivity index (χ0) is 17.8. The number of halogens is 2. The highest BCUT2D eigenvalue weighted by Crippen LogP contribution is 2.28.